The first-order valence-corrected chi connectivity index (χ1v) is 10.1. The van der Waals surface area contributed by atoms with Crippen molar-refractivity contribution in [1.29, 1.82) is 0 Å². The van der Waals surface area contributed by atoms with Gasteiger partial charge >= 0.3 is 5.97 Å². The number of carbonyl (C=O) groups is 1. The van der Waals surface area contributed by atoms with Crippen LogP contribution in [0.4, 0.5) is 0 Å². The van der Waals surface area contributed by atoms with Gasteiger partial charge in [0.25, 0.3) is 0 Å². The van der Waals surface area contributed by atoms with E-state index in [1.807, 2.05) is 55.5 Å². The molecular formula is C23H15BrN4O2. The molecule has 0 atom stereocenters. The standard InChI is InChI=1S/C23H15BrN4O2/c1-13-10-21(27-28(13)22-9-6-14-4-2-3-5-18(14)26-22)20-12-17(23(29)30)16-11-15(24)7-8-19(16)25-20/h2-12H,1H3,(H,29,30). The van der Waals surface area contributed by atoms with Crippen LogP contribution < -0.4 is 0 Å². The van der Waals surface area contributed by atoms with Crippen LogP contribution in [-0.2, 0) is 0 Å². The molecule has 0 radical (unpaired) electrons. The summed E-state index contributed by atoms with van der Waals surface area (Å²) in [5.74, 6) is -0.310. The summed E-state index contributed by atoms with van der Waals surface area (Å²) in [6, 6.07) is 20.7. The highest BCUT2D eigenvalue weighted by molar-refractivity contribution is 9.10. The Kier molecular flexibility index (Phi) is 4.33. The molecule has 7 heteroatoms. The highest BCUT2D eigenvalue weighted by Crippen LogP contribution is 2.28. The summed E-state index contributed by atoms with van der Waals surface area (Å²) in [5.41, 5.74) is 3.65. The minimum atomic E-state index is -1.01. The zero-order valence-corrected chi connectivity index (χ0v) is 17.5. The van der Waals surface area contributed by atoms with Gasteiger partial charge in [-0.1, -0.05) is 34.1 Å². The molecule has 0 spiro atoms. The maximum atomic E-state index is 11.8. The highest BCUT2D eigenvalue weighted by atomic mass is 79.9. The number of halogens is 1. The van der Waals surface area contributed by atoms with Crippen molar-refractivity contribution in [3.05, 3.63) is 82.5 Å². The van der Waals surface area contributed by atoms with Gasteiger partial charge in [0.15, 0.2) is 5.82 Å². The minimum Gasteiger partial charge on any atom is -0.478 e. The second-order valence-corrected chi connectivity index (χ2v) is 7.88. The van der Waals surface area contributed by atoms with Gasteiger partial charge in [-0.15, -0.1) is 0 Å². The average Bonchev–Trinajstić information content (AvgIpc) is 3.14. The van der Waals surface area contributed by atoms with Crippen LogP contribution in [0.2, 0.25) is 0 Å². The van der Waals surface area contributed by atoms with E-state index in [-0.39, 0.29) is 5.56 Å². The van der Waals surface area contributed by atoms with E-state index >= 15 is 0 Å². The third-order valence-electron chi connectivity index (χ3n) is 4.95. The van der Waals surface area contributed by atoms with Crippen molar-refractivity contribution in [3.63, 3.8) is 0 Å². The first kappa shape index (κ1) is 18.4. The molecule has 5 rings (SSSR count). The van der Waals surface area contributed by atoms with E-state index in [2.05, 4.69) is 26.0 Å². The van der Waals surface area contributed by atoms with Crippen molar-refractivity contribution >= 4 is 43.7 Å². The largest absolute Gasteiger partial charge is 0.478 e. The van der Waals surface area contributed by atoms with E-state index < -0.39 is 5.97 Å². The third kappa shape index (κ3) is 3.13. The van der Waals surface area contributed by atoms with Crippen LogP contribution >= 0.6 is 15.9 Å². The van der Waals surface area contributed by atoms with E-state index in [1.165, 1.54) is 0 Å². The summed E-state index contributed by atoms with van der Waals surface area (Å²) in [4.78, 5) is 21.2. The maximum absolute atomic E-state index is 11.8. The van der Waals surface area contributed by atoms with Crippen LogP contribution in [0.1, 0.15) is 16.1 Å². The summed E-state index contributed by atoms with van der Waals surface area (Å²) in [7, 11) is 0. The molecule has 2 aromatic carbocycles. The molecule has 0 bridgehead atoms. The number of carboxylic acids is 1. The summed E-state index contributed by atoms with van der Waals surface area (Å²) >= 11 is 3.39. The van der Waals surface area contributed by atoms with Crippen LogP contribution in [0, 0.1) is 6.92 Å². The topological polar surface area (TPSA) is 80.9 Å². The highest BCUT2D eigenvalue weighted by Gasteiger charge is 2.16. The Morgan fingerprint density at radius 3 is 2.60 bits per heavy atom. The fraction of sp³-hybridized carbons (Fsp3) is 0.0435. The van der Waals surface area contributed by atoms with Crippen molar-refractivity contribution in [1.82, 2.24) is 19.7 Å². The molecule has 0 aliphatic heterocycles. The number of nitrogens with zero attached hydrogens (tertiary/aromatic N) is 4. The Labute approximate surface area is 180 Å². The van der Waals surface area contributed by atoms with Crippen molar-refractivity contribution < 1.29 is 9.90 Å². The number of pyridine rings is 2. The number of aryl methyl sites for hydroxylation is 1. The van der Waals surface area contributed by atoms with Crippen molar-refractivity contribution in [2.75, 3.05) is 0 Å². The van der Waals surface area contributed by atoms with Gasteiger partial charge < -0.3 is 5.11 Å². The number of para-hydroxylation sites is 1. The lowest BCUT2D eigenvalue weighted by molar-refractivity contribution is 0.0699. The molecule has 0 unspecified atom stereocenters. The van der Waals surface area contributed by atoms with Crippen LogP contribution in [0.25, 0.3) is 39.0 Å². The summed E-state index contributed by atoms with van der Waals surface area (Å²) in [5, 5.41) is 16.0. The van der Waals surface area contributed by atoms with Gasteiger partial charge in [-0.05, 0) is 55.5 Å². The molecule has 30 heavy (non-hydrogen) atoms. The molecule has 0 fully saturated rings. The monoisotopic (exact) mass is 458 g/mol. The van der Waals surface area contributed by atoms with Gasteiger partial charge in [0.2, 0.25) is 0 Å². The Morgan fingerprint density at radius 2 is 1.77 bits per heavy atom. The van der Waals surface area contributed by atoms with Gasteiger partial charge in [0.05, 0.1) is 22.3 Å². The number of aromatic carboxylic acids is 1. The van der Waals surface area contributed by atoms with Crippen molar-refractivity contribution in [2.24, 2.45) is 0 Å². The number of hydrogen-bond acceptors (Lipinski definition) is 4. The Balaban J connectivity index is 1.66. The molecule has 5 aromatic rings. The molecule has 0 amide bonds. The molecule has 6 nitrogen and oxygen atoms in total. The molecule has 1 N–H and O–H groups in total. The van der Waals surface area contributed by atoms with E-state index in [4.69, 9.17) is 4.98 Å². The maximum Gasteiger partial charge on any atom is 0.336 e. The van der Waals surface area contributed by atoms with Crippen molar-refractivity contribution in [2.45, 2.75) is 6.92 Å². The molecule has 3 aromatic heterocycles. The van der Waals surface area contributed by atoms with Crippen LogP contribution in [0.3, 0.4) is 0 Å². The van der Waals surface area contributed by atoms with E-state index in [0.29, 0.717) is 28.1 Å². The summed E-state index contributed by atoms with van der Waals surface area (Å²) in [6.07, 6.45) is 0. The Hall–Kier alpha value is -3.58. The van der Waals surface area contributed by atoms with E-state index in [9.17, 15) is 9.90 Å². The number of rotatable bonds is 3. The average molecular weight is 459 g/mol. The van der Waals surface area contributed by atoms with Gasteiger partial charge in [0.1, 0.15) is 5.69 Å². The molecule has 0 aliphatic rings. The second-order valence-electron chi connectivity index (χ2n) is 6.97. The third-order valence-corrected chi connectivity index (χ3v) is 5.44. The number of hydrogen-bond donors (Lipinski definition) is 1. The lowest BCUT2D eigenvalue weighted by atomic mass is 10.1. The molecule has 146 valence electrons. The van der Waals surface area contributed by atoms with Crippen LogP contribution in [-0.4, -0.2) is 30.8 Å². The summed E-state index contributed by atoms with van der Waals surface area (Å²) < 4.78 is 2.55. The Bertz CT molecular complexity index is 1460. The van der Waals surface area contributed by atoms with Crippen LogP contribution in [0.15, 0.2) is 71.2 Å². The van der Waals surface area contributed by atoms with Gasteiger partial charge in [-0.2, -0.15) is 5.10 Å². The molecule has 0 saturated carbocycles. The fourth-order valence-corrected chi connectivity index (χ4v) is 3.87. The molecule has 0 aliphatic carbocycles. The number of benzene rings is 2. The normalized spacial score (nSPS) is 11.3. The van der Waals surface area contributed by atoms with Gasteiger partial charge in [-0.3, -0.25) is 0 Å². The Morgan fingerprint density at radius 1 is 0.933 bits per heavy atom. The van der Waals surface area contributed by atoms with Gasteiger partial charge in [-0.25, -0.2) is 19.4 Å². The molecular weight excluding hydrogens is 444 g/mol. The second kappa shape index (κ2) is 7.03. The van der Waals surface area contributed by atoms with E-state index in [1.54, 1.807) is 22.9 Å². The first-order chi connectivity index (χ1) is 14.5. The fourth-order valence-electron chi connectivity index (χ4n) is 3.51. The quantitative estimate of drug-likeness (QED) is 0.391. The number of fused-ring (bicyclic) bond motifs is 2. The predicted octanol–water partition coefficient (Wildman–Crippen LogP) is 5.40. The molecule has 3 heterocycles. The lowest BCUT2D eigenvalue weighted by Gasteiger charge is -2.06. The van der Waals surface area contributed by atoms with Crippen LogP contribution in [0.5, 0.6) is 0 Å². The van der Waals surface area contributed by atoms with E-state index in [0.717, 1.165) is 21.1 Å². The van der Waals surface area contributed by atoms with Crippen molar-refractivity contribution in [3.8, 4) is 17.2 Å². The number of carboxylic acid groups (broad SMARTS) is 1. The first-order valence-electron chi connectivity index (χ1n) is 9.26. The predicted molar refractivity (Wildman–Crippen MR) is 119 cm³/mol. The number of aromatic nitrogens is 4. The minimum absolute atomic E-state index is 0.187. The summed E-state index contributed by atoms with van der Waals surface area (Å²) in [6.45, 7) is 1.93. The smallest absolute Gasteiger partial charge is 0.336 e. The lowest BCUT2D eigenvalue weighted by Crippen LogP contribution is -2.03. The van der Waals surface area contributed by atoms with Gasteiger partial charge in [0, 0.05) is 20.9 Å². The zero-order chi connectivity index (χ0) is 20.8. The zero-order valence-electron chi connectivity index (χ0n) is 15.9. The molecule has 0 saturated heterocycles. The SMILES string of the molecule is Cc1cc(-c2cc(C(=O)O)c3cc(Br)ccc3n2)nn1-c1ccc2ccccc2n1.